The van der Waals surface area contributed by atoms with Crippen molar-refractivity contribution in [1.29, 1.82) is 0 Å². The summed E-state index contributed by atoms with van der Waals surface area (Å²) < 4.78 is 3.09. The third-order valence-electron chi connectivity index (χ3n) is 2.87. The first-order valence-corrected chi connectivity index (χ1v) is 6.81. The largest absolute Gasteiger partial charge is 0.313 e. The van der Waals surface area contributed by atoms with Crippen molar-refractivity contribution in [1.82, 2.24) is 15.1 Å². The third kappa shape index (κ3) is 2.69. The van der Waals surface area contributed by atoms with E-state index in [2.05, 4.69) is 64.2 Å². The normalized spacial score (nSPS) is 12.6. The number of para-hydroxylation sites is 1. The first kappa shape index (κ1) is 12.6. The van der Waals surface area contributed by atoms with Crippen molar-refractivity contribution in [3.63, 3.8) is 0 Å². The number of nitrogens with zero attached hydrogens (tertiary/aromatic N) is 2. The summed E-state index contributed by atoms with van der Waals surface area (Å²) in [4.78, 5) is 0. The van der Waals surface area contributed by atoms with Crippen LogP contribution in [0.4, 0.5) is 0 Å². The fourth-order valence-electron chi connectivity index (χ4n) is 2.00. The van der Waals surface area contributed by atoms with Gasteiger partial charge in [-0.05, 0) is 47.7 Å². The molecule has 0 aliphatic rings. The molecule has 1 unspecified atom stereocenters. The summed E-state index contributed by atoms with van der Waals surface area (Å²) in [5.74, 6) is 0. The quantitative estimate of drug-likeness (QED) is 0.866. The van der Waals surface area contributed by atoms with E-state index in [9.17, 15) is 0 Å². The zero-order valence-electron chi connectivity index (χ0n) is 10.0. The number of benzene rings is 1. The maximum Gasteiger partial charge on any atom is 0.0693 e. The van der Waals surface area contributed by atoms with Gasteiger partial charge in [0.25, 0.3) is 0 Å². The number of nitrogens with one attached hydrogen (secondary N) is 1. The van der Waals surface area contributed by atoms with Gasteiger partial charge >= 0.3 is 0 Å². The Balaban J connectivity index is 2.47. The first-order chi connectivity index (χ1) is 8.26. The summed E-state index contributed by atoms with van der Waals surface area (Å²) in [6, 6.07) is 8.77. The maximum absolute atomic E-state index is 4.38. The molecule has 0 bridgehead atoms. The van der Waals surface area contributed by atoms with Crippen LogP contribution in [-0.4, -0.2) is 16.8 Å². The second-order valence-corrected chi connectivity index (χ2v) is 5.16. The summed E-state index contributed by atoms with van der Waals surface area (Å²) >= 11 is 2.28. The molecule has 90 valence electrons. The van der Waals surface area contributed by atoms with E-state index >= 15 is 0 Å². The Labute approximate surface area is 115 Å². The molecule has 1 aromatic heterocycles. The van der Waals surface area contributed by atoms with Gasteiger partial charge in [-0.1, -0.05) is 25.1 Å². The van der Waals surface area contributed by atoms with Gasteiger partial charge in [0.05, 0.1) is 15.5 Å². The molecule has 1 N–H and O–H groups in total. The first-order valence-electron chi connectivity index (χ1n) is 5.73. The molecule has 1 heterocycles. The third-order valence-corrected chi connectivity index (χ3v) is 3.42. The SMILES string of the molecule is CCC(NC)c1ccccc1-n1cc(I)cn1. The average molecular weight is 341 g/mol. The highest BCUT2D eigenvalue weighted by atomic mass is 127. The molecule has 1 aromatic carbocycles. The molecule has 0 saturated carbocycles. The summed E-state index contributed by atoms with van der Waals surface area (Å²) in [6.45, 7) is 2.19. The van der Waals surface area contributed by atoms with Crippen LogP contribution in [0, 0.1) is 3.57 Å². The van der Waals surface area contributed by atoms with Crippen LogP contribution in [0.5, 0.6) is 0 Å². The van der Waals surface area contributed by atoms with Crippen molar-refractivity contribution >= 4 is 22.6 Å². The standard InChI is InChI=1S/C13H16IN3/c1-3-12(15-2)11-6-4-5-7-13(11)17-9-10(14)8-16-17/h4-9,12,15H,3H2,1-2H3. The van der Waals surface area contributed by atoms with E-state index in [1.165, 1.54) is 5.56 Å². The number of hydrogen-bond donors (Lipinski definition) is 1. The lowest BCUT2D eigenvalue weighted by atomic mass is 10.0. The van der Waals surface area contributed by atoms with Crippen molar-refractivity contribution in [2.75, 3.05) is 7.05 Å². The molecule has 2 aromatic rings. The predicted octanol–water partition coefficient (Wildman–Crippen LogP) is 3.15. The smallest absolute Gasteiger partial charge is 0.0693 e. The van der Waals surface area contributed by atoms with Gasteiger partial charge in [-0.25, -0.2) is 4.68 Å². The Kier molecular flexibility index (Phi) is 4.17. The predicted molar refractivity (Wildman–Crippen MR) is 78.4 cm³/mol. The van der Waals surface area contributed by atoms with Crippen molar-refractivity contribution < 1.29 is 0 Å². The number of hydrogen-bond acceptors (Lipinski definition) is 2. The van der Waals surface area contributed by atoms with E-state index < -0.39 is 0 Å². The van der Waals surface area contributed by atoms with Gasteiger partial charge in [0.2, 0.25) is 0 Å². The molecule has 3 nitrogen and oxygen atoms in total. The Bertz CT molecular complexity index is 489. The fourth-order valence-corrected chi connectivity index (χ4v) is 2.39. The molecule has 0 aliphatic heterocycles. The Morgan fingerprint density at radius 1 is 1.41 bits per heavy atom. The van der Waals surface area contributed by atoms with Gasteiger partial charge in [0.1, 0.15) is 0 Å². The maximum atomic E-state index is 4.38. The van der Waals surface area contributed by atoms with Crippen LogP contribution in [-0.2, 0) is 0 Å². The topological polar surface area (TPSA) is 29.9 Å². The van der Waals surface area contributed by atoms with Crippen LogP contribution in [0.3, 0.4) is 0 Å². The lowest BCUT2D eigenvalue weighted by Crippen LogP contribution is -2.17. The van der Waals surface area contributed by atoms with E-state index in [0.717, 1.165) is 15.7 Å². The van der Waals surface area contributed by atoms with Gasteiger partial charge in [-0.3, -0.25) is 0 Å². The van der Waals surface area contributed by atoms with E-state index in [1.807, 2.05) is 24.1 Å². The van der Waals surface area contributed by atoms with Crippen LogP contribution in [0.2, 0.25) is 0 Å². The van der Waals surface area contributed by atoms with Crippen LogP contribution in [0.25, 0.3) is 5.69 Å². The van der Waals surface area contributed by atoms with Gasteiger partial charge < -0.3 is 5.32 Å². The van der Waals surface area contributed by atoms with Gasteiger partial charge in [0.15, 0.2) is 0 Å². The zero-order chi connectivity index (χ0) is 12.3. The average Bonchev–Trinajstić information content (AvgIpc) is 2.78. The highest BCUT2D eigenvalue weighted by Crippen LogP contribution is 2.23. The van der Waals surface area contributed by atoms with Crippen LogP contribution < -0.4 is 5.32 Å². The molecule has 2 rings (SSSR count). The Morgan fingerprint density at radius 2 is 2.18 bits per heavy atom. The summed E-state index contributed by atoms with van der Waals surface area (Å²) in [7, 11) is 2.00. The summed E-state index contributed by atoms with van der Waals surface area (Å²) in [5, 5.41) is 7.72. The Morgan fingerprint density at radius 3 is 2.76 bits per heavy atom. The van der Waals surface area contributed by atoms with Gasteiger partial charge in [-0.15, -0.1) is 0 Å². The molecular weight excluding hydrogens is 325 g/mol. The van der Waals surface area contributed by atoms with Crippen LogP contribution in [0.1, 0.15) is 24.9 Å². The minimum atomic E-state index is 0.369. The minimum absolute atomic E-state index is 0.369. The highest BCUT2D eigenvalue weighted by Gasteiger charge is 2.12. The lowest BCUT2D eigenvalue weighted by Gasteiger charge is -2.18. The monoisotopic (exact) mass is 341 g/mol. The molecule has 0 amide bonds. The molecule has 1 atom stereocenters. The minimum Gasteiger partial charge on any atom is -0.313 e. The summed E-state index contributed by atoms with van der Waals surface area (Å²) in [5.41, 5.74) is 2.44. The molecule has 0 aliphatic carbocycles. The molecule has 0 spiro atoms. The Hall–Kier alpha value is -0.880. The van der Waals surface area contributed by atoms with Gasteiger partial charge in [-0.2, -0.15) is 5.10 Å². The molecular formula is C13H16IN3. The van der Waals surface area contributed by atoms with Crippen molar-refractivity contribution in [2.45, 2.75) is 19.4 Å². The fraction of sp³-hybridized carbons (Fsp3) is 0.308. The van der Waals surface area contributed by atoms with Crippen molar-refractivity contribution in [3.8, 4) is 5.69 Å². The summed E-state index contributed by atoms with van der Waals surface area (Å²) in [6.07, 6.45) is 4.98. The van der Waals surface area contributed by atoms with E-state index in [0.29, 0.717) is 6.04 Å². The zero-order valence-corrected chi connectivity index (χ0v) is 12.2. The molecule has 17 heavy (non-hydrogen) atoms. The van der Waals surface area contributed by atoms with Crippen LogP contribution in [0.15, 0.2) is 36.7 Å². The van der Waals surface area contributed by atoms with E-state index in [4.69, 9.17) is 0 Å². The molecule has 4 heteroatoms. The van der Waals surface area contributed by atoms with Crippen molar-refractivity contribution in [3.05, 3.63) is 45.8 Å². The second kappa shape index (κ2) is 5.64. The highest BCUT2D eigenvalue weighted by molar-refractivity contribution is 14.1. The van der Waals surface area contributed by atoms with E-state index in [-0.39, 0.29) is 0 Å². The van der Waals surface area contributed by atoms with Crippen LogP contribution >= 0.6 is 22.6 Å². The second-order valence-electron chi connectivity index (χ2n) is 3.91. The number of rotatable bonds is 4. The molecule has 0 saturated heterocycles. The van der Waals surface area contributed by atoms with Crippen molar-refractivity contribution in [2.24, 2.45) is 0 Å². The number of aromatic nitrogens is 2. The molecule has 0 radical (unpaired) electrons. The lowest BCUT2D eigenvalue weighted by molar-refractivity contribution is 0.572. The number of halogens is 1. The molecule has 0 fully saturated rings. The van der Waals surface area contributed by atoms with Gasteiger partial charge in [0, 0.05) is 12.2 Å². The van der Waals surface area contributed by atoms with E-state index in [1.54, 1.807) is 0 Å².